The van der Waals surface area contributed by atoms with E-state index >= 15 is 0 Å². The molecule has 108 valence electrons. The molecule has 1 unspecified atom stereocenters. The van der Waals surface area contributed by atoms with Gasteiger partial charge in [-0.1, -0.05) is 19.2 Å². The molecule has 0 N–H and O–H groups in total. The van der Waals surface area contributed by atoms with Crippen molar-refractivity contribution in [1.29, 1.82) is 0 Å². The van der Waals surface area contributed by atoms with Crippen LogP contribution in [0.25, 0.3) is 10.8 Å². The summed E-state index contributed by atoms with van der Waals surface area (Å²) in [6.45, 7) is 2.29. The molecule has 1 atom stereocenters. The number of hydrogen-bond acceptors (Lipinski definition) is 0. The summed E-state index contributed by atoms with van der Waals surface area (Å²) < 4.78 is 0. The van der Waals surface area contributed by atoms with Crippen LogP contribution in [0.15, 0.2) is 59.4 Å². The van der Waals surface area contributed by atoms with Gasteiger partial charge in [0.05, 0.1) is 0 Å². The van der Waals surface area contributed by atoms with Crippen molar-refractivity contribution < 1.29 is 51.0 Å². The van der Waals surface area contributed by atoms with E-state index in [4.69, 9.17) is 0 Å². The smallest absolute Gasteiger partial charge is 1.00 e. The van der Waals surface area contributed by atoms with E-state index in [0.717, 1.165) is 6.42 Å². The van der Waals surface area contributed by atoms with Crippen LogP contribution in [0.4, 0.5) is 0 Å². The summed E-state index contributed by atoms with van der Waals surface area (Å²) in [5, 5.41) is 4.27. The van der Waals surface area contributed by atoms with Crippen molar-refractivity contribution in [1.82, 2.24) is 0 Å². The van der Waals surface area contributed by atoms with Crippen LogP contribution in [0, 0.1) is 6.08 Å². The molecule has 0 aromatic heterocycles. The minimum atomic E-state index is 0. The Morgan fingerprint density at radius 1 is 1.19 bits per heavy atom. The van der Waals surface area contributed by atoms with Crippen LogP contribution in [0.2, 0.25) is 0 Å². The molecule has 0 spiro atoms. The molecule has 1 saturated heterocycles. The average Bonchev–Trinajstić information content (AvgIpc) is 2.98. The Kier molecular flexibility index (Phi) is 10.2. The molecule has 1 aliphatic heterocycles. The van der Waals surface area contributed by atoms with Gasteiger partial charge in [0.15, 0.2) is 0 Å². The molecule has 2 aromatic carbocycles. The number of fused-ring (bicyclic) bond motifs is 2. The molecular formula is C17H17Cl2PZr. The molecule has 0 amide bonds. The normalized spacial score (nSPS) is 17.5. The van der Waals surface area contributed by atoms with Crippen LogP contribution in [-0.4, -0.2) is 12.3 Å². The molecule has 1 fully saturated rings. The fraction of sp³-hybridized carbons (Fsp3) is 0.235. The van der Waals surface area contributed by atoms with E-state index in [2.05, 4.69) is 61.5 Å². The summed E-state index contributed by atoms with van der Waals surface area (Å²) in [5.74, 6) is 0. The standard InChI is InChI=1S/C9H7.C8H10P.2ClH.Zr/c1-2-5-9-7-3-6-8(9)4-1;1-2-9-6-7-4-3-5-8(7)9;;;/h1-7H;4H,2-3,6H2,1H3;2*1H;/q2*-1;;;+4/p-2. The number of halogens is 2. The van der Waals surface area contributed by atoms with E-state index in [1.54, 1.807) is 10.9 Å². The minimum absolute atomic E-state index is 0. The predicted octanol–water partition coefficient (Wildman–Crippen LogP) is -0.917. The summed E-state index contributed by atoms with van der Waals surface area (Å²) in [6.07, 6.45) is 9.60. The Morgan fingerprint density at radius 3 is 2.62 bits per heavy atom. The molecule has 21 heavy (non-hydrogen) atoms. The van der Waals surface area contributed by atoms with E-state index in [1.807, 2.05) is 0 Å². The van der Waals surface area contributed by atoms with Gasteiger partial charge in [-0.3, -0.25) is 6.08 Å². The van der Waals surface area contributed by atoms with Crippen molar-refractivity contribution in [2.45, 2.75) is 13.3 Å². The van der Waals surface area contributed by atoms with Gasteiger partial charge in [0, 0.05) is 0 Å². The third-order valence-electron chi connectivity index (χ3n) is 3.53. The maximum absolute atomic E-state index is 3.41. The van der Waals surface area contributed by atoms with Gasteiger partial charge < -0.3 is 24.8 Å². The first kappa shape index (κ1) is 21.2. The first-order chi connectivity index (χ1) is 8.88. The monoisotopic (exact) mass is 412 g/mol. The molecule has 1 heterocycles. The first-order valence-corrected chi connectivity index (χ1v) is 8.25. The summed E-state index contributed by atoms with van der Waals surface area (Å²) in [7, 11) is 0.301. The topological polar surface area (TPSA) is 0 Å². The zero-order valence-electron chi connectivity index (χ0n) is 11.9. The van der Waals surface area contributed by atoms with Crippen molar-refractivity contribution >= 4 is 18.7 Å². The van der Waals surface area contributed by atoms with E-state index in [0.29, 0.717) is 7.92 Å². The maximum atomic E-state index is 3.41. The van der Waals surface area contributed by atoms with Crippen LogP contribution in [0.5, 0.6) is 0 Å². The number of hydrogen-bond donors (Lipinski definition) is 0. The van der Waals surface area contributed by atoms with Gasteiger partial charge >= 0.3 is 26.2 Å². The molecule has 2 aromatic rings. The van der Waals surface area contributed by atoms with Gasteiger partial charge in [-0.25, -0.2) is 0 Å². The molecule has 2 aliphatic rings. The van der Waals surface area contributed by atoms with Gasteiger partial charge in [-0.05, 0) is 6.16 Å². The predicted molar refractivity (Wildman–Crippen MR) is 81.3 cm³/mol. The largest absolute Gasteiger partial charge is 4.00 e. The zero-order valence-corrected chi connectivity index (χ0v) is 16.8. The fourth-order valence-corrected chi connectivity index (χ4v) is 4.49. The molecule has 0 saturated carbocycles. The zero-order chi connectivity index (χ0) is 12.4. The number of allylic oxidation sites excluding steroid dienone is 4. The summed E-state index contributed by atoms with van der Waals surface area (Å²) >= 11 is 0. The van der Waals surface area contributed by atoms with Gasteiger partial charge in [0.25, 0.3) is 0 Å². The van der Waals surface area contributed by atoms with Crippen LogP contribution in [0.1, 0.15) is 13.3 Å². The van der Waals surface area contributed by atoms with E-state index < -0.39 is 0 Å². The van der Waals surface area contributed by atoms with Gasteiger partial charge in [-0.15, -0.1) is 44.0 Å². The van der Waals surface area contributed by atoms with Gasteiger partial charge in [0.1, 0.15) is 0 Å². The first-order valence-electron chi connectivity index (χ1n) is 6.54. The Hall–Kier alpha value is 0.203. The van der Waals surface area contributed by atoms with Crippen LogP contribution < -0.4 is 24.8 Å². The van der Waals surface area contributed by atoms with Crippen molar-refractivity contribution in [2.75, 3.05) is 12.3 Å². The maximum Gasteiger partial charge on any atom is 4.00 e. The third kappa shape index (κ3) is 4.84. The van der Waals surface area contributed by atoms with E-state index in [-0.39, 0.29) is 51.0 Å². The van der Waals surface area contributed by atoms with E-state index in [1.165, 1.54) is 23.1 Å². The van der Waals surface area contributed by atoms with Crippen molar-refractivity contribution in [3.63, 3.8) is 0 Å². The molecule has 0 nitrogen and oxygen atoms in total. The van der Waals surface area contributed by atoms with Crippen LogP contribution >= 0.6 is 7.92 Å². The van der Waals surface area contributed by atoms with Gasteiger partial charge in [0.2, 0.25) is 0 Å². The SMILES string of the molecule is CCP1CC2=CC[C-]=C21.[Cl-].[Cl-].[Zr+4].c1ccc2[cH-]ccc2c1. The second-order valence-electron chi connectivity index (χ2n) is 4.63. The Balaban J connectivity index is 0.000000333. The average molecular weight is 414 g/mol. The molecule has 4 heteroatoms. The Labute approximate surface area is 160 Å². The summed E-state index contributed by atoms with van der Waals surface area (Å²) in [5.41, 5.74) is 1.61. The second-order valence-corrected chi connectivity index (χ2v) is 7.10. The molecule has 1 aliphatic carbocycles. The van der Waals surface area contributed by atoms with Crippen LogP contribution in [-0.2, 0) is 26.2 Å². The molecular weight excluding hydrogens is 397 g/mol. The van der Waals surface area contributed by atoms with Crippen molar-refractivity contribution in [3.05, 3.63) is 65.5 Å². The fourth-order valence-electron chi connectivity index (χ4n) is 2.47. The van der Waals surface area contributed by atoms with Crippen molar-refractivity contribution in [3.8, 4) is 0 Å². The van der Waals surface area contributed by atoms with Gasteiger partial charge in [-0.2, -0.15) is 34.5 Å². The number of rotatable bonds is 1. The van der Waals surface area contributed by atoms with Crippen molar-refractivity contribution in [2.24, 2.45) is 0 Å². The summed E-state index contributed by atoms with van der Waals surface area (Å²) in [4.78, 5) is 0. The minimum Gasteiger partial charge on any atom is -1.00 e. The molecule has 0 bridgehead atoms. The Morgan fingerprint density at radius 2 is 1.95 bits per heavy atom. The second kappa shape index (κ2) is 10.1. The van der Waals surface area contributed by atoms with E-state index in [9.17, 15) is 0 Å². The Bertz CT molecular complexity index is 586. The quantitative estimate of drug-likeness (QED) is 0.419. The molecule has 0 radical (unpaired) electrons. The molecule has 4 rings (SSSR count). The number of benzene rings is 1. The van der Waals surface area contributed by atoms with Crippen LogP contribution in [0.3, 0.4) is 0 Å². The summed E-state index contributed by atoms with van der Waals surface area (Å²) in [6, 6.07) is 14.7. The third-order valence-corrected chi connectivity index (χ3v) is 6.09.